The molecule has 0 spiro atoms. The first-order chi connectivity index (χ1) is 9.47. The molecule has 1 atom stereocenters. The van der Waals surface area contributed by atoms with Crippen molar-refractivity contribution in [2.75, 3.05) is 12.5 Å². The molecule has 0 bridgehead atoms. The summed E-state index contributed by atoms with van der Waals surface area (Å²) in [7, 11) is 0. The molecule has 20 heavy (non-hydrogen) atoms. The number of hydrogen-bond acceptors (Lipinski definition) is 3. The number of esters is 1. The molecule has 1 aromatic rings. The van der Waals surface area contributed by atoms with E-state index in [-0.39, 0.29) is 31.1 Å². The highest BCUT2D eigenvalue weighted by Gasteiger charge is 2.21. The monoisotopic (exact) mass is 304 g/mol. The van der Waals surface area contributed by atoms with Crippen LogP contribution in [0.15, 0.2) is 18.2 Å². The van der Waals surface area contributed by atoms with Crippen LogP contribution in [0.1, 0.15) is 31.2 Å². The van der Waals surface area contributed by atoms with Gasteiger partial charge in [-0.3, -0.25) is 9.59 Å². The summed E-state index contributed by atoms with van der Waals surface area (Å²) >= 11 is 5.44. The van der Waals surface area contributed by atoms with Crippen LogP contribution in [0, 0.1) is 11.6 Å². The third kappa shape index (κ3) is 4.89. The zero-order valence-electron chi connectivity index (χ0n) is 11.0. The zero-order valence-corrected chi connectivity index (χ0v) is 11.8. The Balaban J connectivity index is 2.93. The lowest BCUT2D eigenvalue weighted by molar-refractivity contribution is -0.143. The van der Waals surface area contributed by atoms with Crippen LogP contribution in [-0.2, 0) is 14.3 Å². The first-order valence-corrected chi connectivity index (χ1v) is 6.69. The van der Waals surface area contributed by atoms with Gasteiger partial charge in [0, 0.05) is 12.3 Å². The van der Waals surface area contributed by atoms with Crippen LogP contribution in [0.2, 0.25) is 0 Å². The van der Waals surface area contributed by atoms with Gasteiger partial charge < -0.3 is 4.74 Å². The van der Waals surface area contributed by atoms with Crippen molar-refractivity contribution in [2.24, 2.45) is 0 Å². The van der Waals surface area contributed by atoms with Gasteiger partial charge in [0.15, 0.2) is 11.6 Å². The Hall–Kier alpha value is -1.49. The molecule has 0 N–H and O–H groups in total. The molecule has 0 heterocycles. The van der Waals surface area contributed by atoms with Gasteiger partial charge in [-0.05, 0) is 24.6 Å². The average Bonchev–Trinajstić information content (AvgIpc) is 2.41. The fourth-order valence-corrected chi connectivity index (χ4v) is 1.93. The SMILES string of the molecule is CCOC(=O)CC(CC(=O)CCl)c1ccc(F)c(F)c1. The fourth-order valence-electron chi connectivity index (χ4n) is 1.82. The van der Waals surface area contributed by atoms with Crippen molar-refractivity contribution < 1.29 is 23.1 Å². The molecular weight excluding hydrogens is 290 g/mol. The van der Waals surface area contributed by atoms with Crippen LogP contribution < -0.4 is 0 Å². The molecular formula is C14H15ClF2O3. The maximum Gasteiger partial charge on any atom is 0.306 e. The van der Waals surface area contributed by atoms with E-state index >= 15 is 0 Å². The fraction of sp³-hybridized carbons (Fsp3) is 0.429. The lowest BCUT2D eigenvalue weighted by Crippen LogP contribution is -2.15. The number of Topliss-reactive ketones (excluding diaryl/α,β-unsaturated/α-hetero) is 1. The highest BCUT2D eigenvalue weighted by molar-refractivity contribution is 6.27. The van der Waals surface area contributed by atoms with Gasteiger partial charge in [0.2, 0.25) is 0 Å². The zero-order chi connectivity index (χ0) is 15.1. The summed E-state index contributed by atoms with van der Waals surface area (Å²) in [5, 5.41) is 0. The molecule has 1 unspecified atom stereocenters. The van der Waals surface area contributed by atoms with Crippen LogP contribution in [0.3, 0.4) is 0 Å². The number of halogens is 3. The number of benzene rings is 1. The molecule has 0 radical (unpaired) electrons. The van der Waals surface area contributed by atoms with Crippen molar-refractivity contribution in [3.05, 3.63) is 35.4 Å². The van der Waals surface area contributed by atoms with E-state index < -0.39 is 23.5 Å². The Bertz CT molecular complexity index is 491. The summed E-state index contributed by atoms with van der Waals surface area (Å²) < 4.78 is 31.0. The van der Waals surface area contributed by atoms with E-state index in [2.05, 4.69) is 0 Å². The predicted molar refractivity (Wildman–Crippen MR) is 70.7 cm³/mol. The molecule has 0 saturated carbocycles. The lowest BCUT2D eigenvalue weighted by Gasteiger charge is -2.15. The molecule has 0 aliphatic rings. The van der Waals surface area contributed by atoms with Gasteiger partial charge in [0.05, 0.1) is 18.9 Å². The number of rotatable bonds is 7. The Morgan fingerprint density at radius 1 is 1.25 bits per heavy atom. The van der Waals surface area contributed by atoms with Gasteiger partial charge in [-0.15, -0.1) is 11.6 Å². The molecule has 6 heteroatoms. The Labute approximate surface area is 120 Å². The van der Waals surface area contributed by atoms with Crippen molar-refractivity contribution in [1.29, 1.82) is 0 Å². The van der Waals surface area contributed by atoms with Crippen molar-refractivity contribution in [2.45, 2.75) is 25.7 Å². The highest BCUT2D eigenvalue weighted by atomic mass is 35.5. The number of alkyl halides is 1. The number of carbonyl (C=O) groups is 2. The predicted octanol–water partition coefficient (Wildman–Crippen LogP) is 3.20. The van der Waals surface area contributed by atoms with Gasteiger partial charge in [-0.25, -0.2) is 8.78 Å². The Kier molecular flexibility index (Phi) is 6.58. The first-order valence-electron chi connectivity index (χ1n) is 6.16. The molecule has 3 nitrogen and oxygen atoms in total. The minimum absolute atomic E-state index is 0.0204. The largest absolute Gasteiger partial charge is 0.466 e. The highest BCUT2D eigenvalue weighted by Crippen LogP contribution is 2.26. The van der Waals surface area contributed by atoms with Gasteiger partial charge in [-0.2, -0.15) is 0 Å². The van der Waals surface area contributed by atoms with Crippen molar-refractivity contribution in [3.63, 3.8) is 0 Å². The molecule has 0 aliphatic carbocycles. The van der Waals surface area contributed by atoms with Crippen LogP contribution >= 0.6 is 11.6 Å². The Morgan fingerprint density at radius 3 is 2.50 bits per heavy atom. The topological polar surface area (TPSA) is 43.4 Å². The standard InChI is InChI=1S/C14H15ClF2O3/c1-2-20-14(19)7-10(5-11(18)8-15)9-3-4-12(16)13(17)6-9/h3-4,6,10H,2,5,7-8H2,1H3. The second kappa shape index (κ2) is 7.94. The van der Waals surface area contributed by atoms with Crippen LogP contribution in [0.4, 0.5) is 8.78 Å². The minimum Gasteiger partial charge on any atom is -0.466 e. The summed E-state index contributed by atoms with van der Waals surface area (Å²) in [4.78, 5) is 22.9. The molecule has 0 aliphatic heterocycles. The second-order valence-electron chi connectivity index (χ2n) is 4.26. The average molecular weight is 305 g/mol. The number of carbonyl (C=O) groups excluding carboxylic acids is 2. The van der Waals surface area contributed by atoms with Crippen molar-refractivity contribution in [1.82, 2.24) is 0 Å². The maximum atomic E-state index is 13.2. The van der Waals surface area contributed by atoms with E-state index in [9.17, 15) is 18.4 Å². The summed E-state index contributed by atoms with van der Waals surface area (Å²) in [5.41, 5.74) is 0.371. The van der Waals surface area contributed by atoms with Crippen molar-refractivity contribution >= 4 is 23.4 Å². The van der Waals surface area contributed by atoms with Gasteiger partial charge in [-0.1, -0.05) is 6.07 Å². The van der Waals surface area contributed by atoms with Gasteiger partial charge in [0.1, 0.15) is 5.78 Å². The van der Waals surface area contributed by atoms with Crippen LogP contribution in [0.5, 0.6) is 0 Å². The molecule has 0 saturated heterocycles. The second-order valence-corrected chi connectivity index (χ2v) is 4.52. The van der Waals surface area contributed by atoms with E-state index in [1.807, 2.05) is 0 Å². The maximum absolute atomic E-state index is 13.2. The third-order valence-corrected chi connectivity index (χ3v) is 3.05. The molecule has 0 amide bonds. The lowest BCUT2D eigenvalue weighted by atomic mass is 9.91. The number of hydrogen-bond donors (Lipinski definition) is 0. The normalized spacial score (nSPS) is 12.0. The summed E-state index contributed by atoms with van der Waals surface area (Å²) in [5.74, 6) is -3.53. The minimum atomic E-state index is -1.02. The molecule has 0 aromatic heterocycles. The number of ether oxygens (including phenoxy) is 1. The van der Waals surface area contributed by atoms with E-state index in [1.54, 1.807) is 6.92 Å². The quantitative estimate of drug-likeness (QED) is 0.574. The van der Waals surface area contributed by atoms with Crippen LogP contribution in [-0.4, -0.2) is 24.2 Å². The van der Waals surface area contributed by atoms with E-state index in [0.29, 0.717) is 5.56 Å². The summed E-state index contributed by atoms with van der Waals surface area (Å²) in [6.07, 6.45) is -0.102. The van der Waals surface area contributed by atoms with E-state index in [0.717, 1.165) is 12.1 Å². The van der Waals surface area contributed by atoms with E-state index in [1.165, 1.54) is 6.07 Å². The number of ketones is 1. The summed E-state index contributed by atoms with van der Waals surface area (Å²) in [6, 6.07) is 3.30. The Morgan fingerprint density at radius 2 is 1.95 bits per heavy atom. The first kappa shape index (κ1) is 16.6. The smallest absolute Gasteiger partial charge is 0.306 e. The molecule has 110 valence electrons. The summed E-state index contributed by atoms with van der Waals surface area (Å²) in [6.45, 7) is 1.88. The van der Waals surface area contributed by atoms with Gasteiger partial charge >= 0.3 is 5.97 Å². The molecule has 0 fully saturated rings. The molecule has 1 aromatic carbocycles. The van der Waals surface area contributed by atoms with Crippen molar-refractivity contribution in [3.8, 4) is 0 Å². The van der Waals surface area contributed by atoms with Gasteiger partial charge in [0.25, 0.3) is 0 Å². The van der Waals surface area contributed by atoms with Crippen LogP contribution in [0.25, 0.3) is 0 Å². The third-order valence-electron chi connectivity index (χ3n) is 2.76. The van der Waals surface area contributed by atoms with E-state index in [4.69, 9.17) is 16.3 Å². The molecule has 1 rings (SSSR count).